The summed E-state index contributed by atoms with van der Waals surface area (Å²) in [6.45, 7) is 0. The normalized spacial score (nSPS) is 13.0. The average Bonchev–Trinajstić information content (AvgIpc) is 2.78. The maximum absolute atomic E-state index is 4.20. The van der Waals surface area contributed by atoms with Crippen molar-refractivity contribution in [3.63, 3.8) is 0 Å². The summed E-state index contributed by atoms with van der Waals surface area (Å²) in [5.41, 5.74) is 2.51. The summed E-state index contributed by atoms with van der Waals surface area (Å²) in [7, 11) is 3.91. The van der Waals surface area contributed by atoms with E-state index in [-0.39, 0.29) is 6.04 Å². The molecular formula is C10H12IN3S. The van der Waals surface area contributed by atoms with Gasteiger partial charge in [0.1, 0.15) is 0 Å². The second-order valence-electron chi connectivity index (χ2n) is 3.35. The standard InChI is InChI=1S/C10H12IN3S/c1-12-10(7-3-9(11)15-6-7)8-4-13-14(2)5-8/h3-6,10,12H,1-2H3. The summed E-state index contributed by atoms with van der Waals surface area (Å²) in [5, 5.41) is 9.70. The van der Waals surface area contributed by atoms with Gasteiger partial charge in [0, 0.05) is 18.8 Å². The van der Waals surface area contributed by atoms with Crippen LogP contribution in [0.1, 0.15) is 17.2 Å². The Kier molecular flexibility index (Phi) is 3.42. The number of hydrogen-bond acceptors (Lipinski definition) is 3. The van der Waals surface area contributed by atoms with Crippen LogP contribution in [0.15, 0.2) is 23.8 Å². The highest BCUT2D eigenvalue weighted by Gasteiger charge is 2.14. The van der Waals surface area contributed by atoms with Crippen LogP contribution in [0.3, 0.4) is 0 Å². The molecule has 0 saturated heterocycles. The van der Waals surface area contributed by atoms with Gasteiger partial charge in [0.25, 0.3) is 0 Å². The number of halogens is 1. The zero-order valence-electron chi connectivity index (χ0n) is 8.57. The van der Waals surface area contributed by atoms with E-state index in [0.29, 0.717) is 0 Å². The monoisotopic (exact) mass is 333 g/mol. The Morgan fingerprint density at radius 2 is 2.33 bits per heavy atom. The van der Waals surface area contributed by atoms with E-state index < -0.39 is 0 Å². The largest absolute Gasteiger partial charge is 0.309 e. The van der Waals surface area contributed by atoms with Crippen molar-refractivity contribution >= 4 is 33.9 Å². The lowest BCUT2D eigenvalue weighted by Crippen LogP contribution is -2.16. The highest BCUT2D eigenvalue weighted by molar-refractivity contribution is 14.1. The Bertz CT molecular complexity index is 409. The second kappa shape index (κ2) is 4.63. The van der Waals surface area contributed by atoms with E-state index in [1.807, 2.05) is 31.2 Å². The summed E-state index contributed by atoms with van der Waals surface area (Å²) < 4.78 is 3.14. The maximum Gasteiger partial charge on any atom is 0.0656 e. The molecular weight excluding hydrogens is 321 g/mol. The number of nitrogens with zero attached hydrogens (tertiary/aromatic N) is 2. The van der Waals surface area contributed by atoms with Crippen LogP contribution in [0, 0.1) is 2.88 Å². The summed E-state index contributed by atoms with van der Waals surface area (Å²) in [4.78, 5) is 0. The van der Waals surface area contributed by atoms with Gasteiger partial charge in [-0.3, -0.25) is 4.68 Å². The third-order valence-corrected chi connectivity index (χ3v) is 4.08. The van der Waals surface area contributed by atoms with Crippen LogP contribution in [0.25, 0.3) is 0 Å². The van der Waals surface area contributed by atoms with E-state index in [4.69, 9.17) is 0 Å². The number of aromatic nitrogens is 2. The van der Waals surface area contributed by atoms with E-state index in [2.05, 4.69) is 44.5 Å². The molecule has 0 aliphatic heterocycles. The average molecular weight is 333 g/mol. The molecule has 1 unspecified atom stereocenters. The zero-order chi connectivity index (χ0) is 10.8. The Hall–Kier alpha value is -0.400. The van der Waals surface area contributed by atoms with Gasteiger partial charge in [-0.2, -0.15) is 5.10 Å². The van der Waals surface area contributed by atoms with E-state index in [1.54, 1.807) is 11.3 Å². The van der Waals surface area contributed by atoms with Gasteiger partial charge in [-0.15, -0.1) is 11.3 Å². The van der Waals surface area contributed by atoms with E-state index >= 15 is 0 Å². The lowest BCUT2D eigenvalue weighted by atomic mass is 10.1. The van der Waals surface area contributed by atoms with Crippen LogP contribution < -0.4 is 5.32 Å². The minimum Gasteiger partial charge on any atom is -0.309 e. The number of hydrogen-bond donors (Lipinski definition) is 1. The third kappa shape index (κ3) is 2.40. The predicted molar refractivity (Wildman–Crippen MR) is 71.1 cm³/mol. The van der Waals surface area contributed by atoms with Crippen LogP contribution in [0.2, 0.25) is 0 Å². The molecule has 0 bridgehead atoms. The van der Waals surface area contributed by atoms with Crippen molar-refractivity contribution in [1.82, 2.24) is 15.1 Å². The van der Waals surface area contributed by atoms with Crippen molar-refractivity contribution in [3.05, 3.63) is 37.9 Å². The molecule has 2 aromatic rings. The molecule has 0 aromatic carbocycles. The van der Waals surface area contributed by atoms with Crippen LogP contribution in [0.4, 0.5) is 0 Å². The zero-order valence-corrected chi connectivity index (χ0v) is 11.5. The molecule has 0 spiro atoms. The fourth-order valence-electron chi connectivity index (χ4n) is 1.59. The van der Waals surface area contributed by atoms with E-state index in [1.165, 1.54) is 14.0 Å². The SMILES string of the molecule is CNC(c1csc(I)c1)c1cnn(C)c1. The van der Waals surface area contributed by atoms with Crippen molar-refractivity contribution < 1.29 is 0 Å². The number of aryl methyl sites for hydroxylation is 1. The fraction of sp³-hybridized carbons (Fsp3) is 0.300. The summed E-state index contributed by atoms with van der Waals surface area (Å²) >= 11 is 4.11. The van der Waals surface area contributed by atoms with Crippen LogP contribution in [-0.4, -0.2) is 16.8 Å². The van der Waals surface area contributed by atoms with Crippen molar-refractivity contribution in [3.8, 4) is 0 Å². The summed E-state index contributed by atoms with van der Waals surface area (Å²) in [6.07, 6.45) is 3.96. The second-order valence-corrected chi connectivity index (χ2v) is 6.16. The maximum atomic E-state index is 4.20. The molecule has 80 valence electrons. The molecule has 3 nitrogen and oxygen atoms in total. The fourth-order valence-corrected chi connectivity index (χ4v) is 2.99. The van der Waals surface area contributed by atoms with Crippen molar-refractivity contribution in [2.75, 3.05) is 7.05 Å². The summed E-state index contributed by atoms with van der Waals surface area (Å²) in [5.74, 6) is 0. The minimum absolute atomic E-state index is 0.249. The number of thiophene rings is 1. The van der Waals surface area contributed by atoms with Crippen LogP contribution >= 0.6 is 33.9 Å². The van der Waals surface area contributed by atoms with Gasteiger partial charge in [0.15, 0.2) is 0 Å². The summed E-state index contributed by atoms with van der Waals surface area (Å²) in [6, 6.07) is 2.46. The quantitative estimate of drug-likeness (QED) is 0.875. The molecule has 1 N–H and O–H groups in total. The Morgan fingerprint density at radius 3 is 2.80 bits per heavy atom. The first-order valence-corrected chi connectivity index (χ1v) is 6.56. The van der Waals surface area contributed by atoms with Gasteiger partial charge in [-0.05, 0) is 46.6 Å². The molecule has 5 heteroatoms. The molecule has 0 fully saturated rings. The van der Waals surface area contributed by atoms with Gasteiger partial charge in [0.05, 0.1) is 15.1 Å². The van der Waals surface area contributed by atoms with Crippen molar-refractivity contribution in [1.29, 1.82) is 0 Å². The molecule has 2 heterocycles. The van der Waals surface area contributed by atoms with Gasteiger partial charge in [0.2, 0.25) is 0 Å². The van der Waals surface area contributed by atoms with E-state index in [9.17, 15) is 0 Å². The molecule has 0 amide bonds. The smallest absolute Gasteiger partial charge is 0.0656 e. The molecule has 0 aliphatic rings. The molecule has 2 aromatic heterocycles. The first-order chi connectivity index (χ1) is 7.20. The van der Waals surface area contributed by atoms with E-state index in [0.717, 1.165) is 0 Å². The van der Waals surface area contributed by atoms with Crippen LogP contribution in [0.5, 0.6) is 0 Å². The van der Waals surface area contributed by atoms with Gasteiger partial charge >= 0.3 is 0 Å². The highest BCUT2D eigenvalue weighted by atomic mass is 127. The topological polar surface area (TPSA) is 29.9 Å². The number of nitrogens with one attached hydrogen (secondary N) is 1. The highest BCUT2D eigenvalue weighted by Crippen LogP contribution is 2.26. The molecule has 0 aliphatic carbocycles. The predicted octanol–water partition coefficient (Wildman–Crippen LogP) is 2.40. The van der Waals surface area contributed by atoms with Crippen molar-refractivity contribution in [2.24, 2.45) is 7.05 Å². The molecule has 15 heavy (non-hydrogen) atoms. The molecule has 0 radical (unpaired) electrons. The van der Waals surface area contributed by atoms with Crippen LogP contribution in [-0.2, 0) is 7.05 Å². The molecule has 0 saturated carbocycles. The lowest BCUT2D eigenvalue weighted by Gasteiger charge is -2.12. The first kappa shape index (κ1) is 11.1. The molecule has 1 atom stereocenters. The number of rotatable bonds is 3. The Morgan fingerprint density at radius 1 is 1.53 bits per heavy atom. The Labute approximate surface area is 107 Å². The van der Waals surface area contributed by atoms with Gasteiger partial charge in [-0.25, -0.2) is 0 Å². The molecule has 2 rings (SSSR count). The lowest BCUT2D eigenvalue weighted by molar-refractivity contribution is 0.691. The Balaban J connectivity index is 2.32. The first-order valence-electron chi connectivity index (χ1n) is 4.60. The van der Waals surface area contributed by atoms with Gasteiger partial charge < -0.3 is 5.32 Å². The third-order valence-electron chi connectivity index (χ3n) is 2.27. The van der Waals surface area contributed by atoms with Gasteiger partial charge in [-0.1, -0.05) is 0 Å². The minimum atomic E-state index is 0.249. The van der Waals surface area contributed by atoms with Crippen molar-refractivity contribution in [2.45, 2.75) is 6.04 Å².